The van der Waals surface area contributed by atoms with E-state index in [0.717, 1.165) is 6.26 Å². The van der Waals surface area contributed by atoms with Gasteiger partial charge in [-0.15, -0.1) is 0 Å². The van der Waals surface area contributed by atoms with E-state index in [1.54, 1.807) is 0 Å². The molecule has 0 atom stereocenters. The molecule has 0 fully saturated rings. The van der Waals surface area contributed by atoms with E-state index in [1.807, 2.05) is 0 Å². The van der Waals surface area contributed by atoms with Crippen molar-refractivity contribution in [2.24, 2.45) is 0 Å². The van der Waals surface area contributed by atoms with Gasteiger partial charge in [-0.25, -0.2) is 27.7 Å². The lowest BCUT2D eigenvalue weighted by molar-refractivity contribution is 0.0690. The van der Waals surface area contributed by atoms with Crippen LogP contribution >= 0.6 is 0 Å². The predicted octanol–water partition coefficient (Wildman–Crippen LogP) is -0.549. The number of carbonyl (C=O) groups excluding carboxylic acids is 1. The molecule has 0 saturated heterocycles. The van der Waals surface area contributed by atoms with Gasteiger partial charge in [-0.1, -0.05) is 0 Å². The van der Waals surface area contributed by atoms with Crippen LogP contribution in [0.25, 0.3) is 0 Å². The molecule has 1 rings (SSSR count). The minimum absolute atomic E-state index is 0.0719. The second kappa shape index (κ2) is 6.82. The molecule has 10 heteroatoms. The van der Waals surface area contributed by atoms with Crippen LogP contribution < -0.4 is 15.4 Å². The summed E-state index contributed by atoms with van der Waals surface area (Å²) in [6.45, 7) is 0.183. The van der Waals surface area contributed by atoms with Crippen LogP contribution in [0.15, 0.2) is 18.3 Å². The van der Waals surface area contributed by atoms with Gasteiger partial charge in [-0.3, -0.25) is 0 Å². The molecule has 0 saturated carbocycles. The smallest absolute Gasteiger partial charge is 0.354 e. The summed E-state index contributed by atoms with van der Waals surface area (Å²) in [4.78, 5) is 25.6. The minimum atomic E-state index is -3.28. The van der Waals surface area contributed by atoms with Crippen molar-refractivity contribution >= 4 is 27.7 Å². The van der Waals surface area contributed by atoms with E-state index >= 15 is 0 Å². The normalized spacial score (nSPS) is 10.8. The van der Waals surface area contributed by atoms with Crippen LogP contribution in [0.4, 0.5) is 10.5 Å². The number of sulfonamides is 1. The number of aromatic carboxylic acids is 1. The van der Waals surface area contributed by atoms with Gasteiger partial charge in [-0.05, 0) is 12.1 Å². The molecular weight excluding hydrogens is 288 g/mol. The maximum Gasteiger partial charge on any atom is 0.354 e. The lowest BCUT2D eigenvalue weighted by atomic mass is 10.3. The van der Waals surface area contributed by atoms with E-state index in [9.17, 15) is 18.0 Å². The Morgan fingerprint density at radius 1 is 1.30 bits per heavy atom. The fourth-order valence-corrected chi connectivity index (χ4v) is 1.65. The van der Waals surface area contributed by atoms with E-state index < -0.39 is 22.0 Å². The third kappa shape index (κ3) is 6.11. The maximum absolute atomic E-state index is 11.4. The van der Waals surface area contributed by atoms with Crippen molar-refractivity contribution in [2.45, 2.75) is 0 Å². The molecule has 110 valence electrons. The van der Waals surface area contributed by atoms with Crippen molar-refractivity contribution in [1.29, 1.82) is 0 Å². The zero-order chi connectivity index (χ0) is 15.2. The van der Waals surface area contributed by atoms with Gasteiger partial charge >= 0.3 is 12.0 Å². The second-order valence-electron chi connectivity index (χ2n) is 3.78. The number of hydrogen-bond acceptors (Lipinski definition) is 5. The van der Waals surface area contributed by atoms with Gasteiger partial charge in [0.2, 0.25) is 10.0 Å². The number of amides is 2. The van der Waals surface area contributed by atoms with Crippen LogP contribution in [0.5, 0.6) is 0 Å². The van der Waals surface area contributed by atoms with Gasteiger partial charge in [0.1, 0.15) is 5.69 Å². The standard InChI is InChI=1S/C10H14N4O5S/c1-20(18,19)13-5-4-11-10(17)14-7-2-3-8(9(15)16)12-6-7/h2-3,6,13H,4-5H2,1H3,(H,15,16)(H2,11,14,17). The molecule has 0 spiro atoms. The van der Waals surface area contributed by atoms with Crippen molar-refractivity contribution in [3.05, 3.63) is 24.0 Å². The van der Waals surface area contributed by atoms with Gasteiger partial charge < -0.3 is 15.7 Å². The Kier molecular flexibility index (Phi) is 5.41. The molecule has 9 nitrogen and oxygen atoms in total. The molecule has 4 N–H and O–H groups in total. The molecule has 0 radical (unpaired) electrons. The Morgan fingerprint density at radius 2 is 2.00 bits per heavy atom. The van der Waals surface area contributed by atoms with Gasteiger partial charge in [0.25, 0.3) is 0 Å². The molecule has 20 heavy (non-hydrogen) atoms. The first-order valence-corrected chi connectivity index (χ1v) is 7.36. The van der Waals surface area contributed by atoms with Gasteiger partial charge in [0.05, 0.1) is 18.1 Å². The summed E-state index contributed by atoms with van der Waals surface area (Å²) < 4.78 is 23.7. The SMILES string of the molecule is CS(=O)(=O)NCCNC(=O)Nc1ccc(C(=O)O)nc1. The van der Waals surface area contributed by atoms with Crippen molar-refractivity contribution in [2.75, 3.05) is 24.7 Å². The van der Waals surface area contributed by atoms with Crippen molar-refractivity contribution in [3.63, 3.8) is 0 Å². The van der Waals surface area contributed by atoms with Gasteiger partial charge in [-0.2, -0.15) is 0 Å². The van der Waals surface area contributed by atoms with Crippen LogP contribution in [0.3, 0.4) is 0 Å². The fraction of sp³-hybridized carbons (Fsp3) is 0.300. The Labute approximate surface area is 115 Å². The molecule has 0 bridgehead atoms. The number of hydrogen-bond donors (Lipinski definition) is 4. The number of urea groups is 1. The van der Waals surface area contributed by atoms with Crippen LogP contribution in [0.1, 0.15) is 10.5 Å². The molecule has 1 heterocycles. The quantitative estimate of drug-likeness (QED) is 0.520. The highest BCUT2D eigenvalue weighted by Crippen LogP contribution is 2.05. The van der Waals surface area contributed by atoms with Crippen LogP contribution in [-0.4, -0.2) is 49.9 Å². The highest BCUT2D eigenvalue weighted by Gasteiger charge is 2.06. The first-order valence-electron chi connectivity index (χ1n) is 5.47. The molecular formula is C10H14N4O5S. The monoisotopic (exact) mass is 302 g/mol. The van der Waals surface area contributed by atoms with E-state index in [0.29, 0.717) is 5.69 Å². The summed E-state index contributed by atoms with van der Waals surface area (Å²) in [6, 6.07) is 2.10. The van der Waals surface area contributed by atoms with E-state index in [2.05, 4.69) is 20.3 Å². The molecule has 1 aromatic heterocycles. The molecule has 0 aromatic carbocycles. The van der Waals surface area contributed by atoms with Crippen LogP contribution in [-0.2, 0) is 10.0 Å². The molecule has 0 aliphatic rings. The van der Waals surface area contributed by atoms with Gasteiger partial charge in [0, 0.05) is 13.1 Å². The molecule has 0 aliphatic heterocycles. The third-order valence-electron chi connectivity index (χ3n) is 2.02. The highest BCUT2D eigenvalue weighted by molar-refractivity contribution is 7.88. The van der Waals surface area contributed by atoms with E-state index in [-0.39, 0.29) is 18.8 Å². The number of rotatable bonds is 6. The molecule has 0 unspecified atom stereocenters. The predicted molar refractivity (Wildman–Crippen MR) is 71.1 cm³/mol. The van der Waals surface area contributed by atoms with E-state index in [4.69, 9.17) is 5.11 Å². The zero-order valence-corrected chi connectivity index (χ0v) is 11.4. The maximum atomic E-state index is 11.4. The Morgan fingerprint density at radius 3 is 2.50 bits per heavy atom. The van der Waals surface area contributed by atoms with Crippen LogP contribution in [0, 0.1) is 0 Å². The number of carboxylic acids is 1. The molecule has 0 aliphatic carbocycles. The lowest BCUT2D eigenvalue weighted by Crippen LogP contribution is -2.36. The number of carboxylic acid groups (broad SMARTS) is 1. The number of pyridine rings is 1. The lowest BCUT2D eigenvalue weighted by Gasteiger charge is -2.07. The average molecular weight is 302 g/mol. The van der Waals surface area contributed by atoms with Crippen molar-refractivity contribution in [1.82, 2.24) is 15.0 Å². The summed E-state index contributed by atoms with van der Waals surface area (Å²) in [5.74, 6) is -1.16. The third-order valence-corrected chi connectivity index (χ3v) is 2.74. The number of nitrogens with zero attached hydrogens (tertiary/aromatic N) is 1. The molecule has 2 amide bonds. The minimum Gasteiger partial charge on any atom is -0.477 e. The number of aromatic nitrogens is 1. The Balaban J connectivity index is 2.37. The Bertz CT molecular complexity index is 584. The second-order valence-corrected chi connectivity index (χ2v) is 5.62. The topological polar surface area (TPSA) is 137 Å². The fourth-order valence-electron chi connectivity index (χ4n) is 1.18. The molecule has 1 aromatic rings. The summed E-state index contributed by atoms with van der Waals surface area (Å²) in [5.41, 5.74) is 0.192. The average Bonchev–Trinajstić information content (AvgIpc) is 2.34. The van der Waals surface area contributed by atoms with Gasteiger partial charge in [0.15, 0.2) is 0 Å². The zero-order valence-electron chi connectivity index (χ0n) is 10.6. The summed E-state index contributed by atoms with van der Waals surface area (Å²) >= 11 is 0. The van der Waals surface area contributed by atoms with Crippen LogP contribution in [0.2, 0.25) is 0 Å². The summed E-state index contributed by atoms with van der Waals surface area (Å²) in [6.07, 6.45) is 2.22. The first kappa shape index (κ1) is 15.9. The van der Waals surface area contributed by atoms with Crippen molar-refractivity contribution < 1.29 is 23.1 Å². The van der Waals surface area contributed by atoms with E-state index in [1.165, 1.54) is 18.3 Å². The van der Waals surface area contributed by atoms with Crippen molar-refractivity contribution in [3.8, 4) is 0 Å². The highest BCUT2D eigenvalue weighted by atomic mass is 32.2. The Hall–Kier alpha value is -2.20. The number of nitrogens with one attached hydrogen (secondary N) is 3. The summed E-state index contributed by atoms with van der Waals surface area (Å²) in [5, 5.41) is 13.5. The number of carbonyl (C=O) groups is 2. The summed E-state index contributed by atoms with van der Waals surface area (Å²) in [7, 11) is -3.28. The largest absolute Gasteiger partial charge is 0.477 e. The number of anilines is 1. The first-order chi connectivity index (χ1) is 9.28.